The lowest BCUT2D eigenvalue weighted by Gasteiger charge is -2.14. The zero-order chi connectivity index (χ0) is 24.5. The summed E-state index contributed by atoms with van der Waals surface area (Å²) in [6.45, 7) is 1.97. The van der Waals surface area contributed by atoms with Crippen molar-refractivity contribution in [3.8, 4) is 28.1 Å². The number of methoxy groups -OCH3 is 1. The Morgan fingerprint density at radius 2 is 1.83 bits per heavy atom. The summed E-state index contributed by atoms with van der Waals surface area (Å²) in [5.41, 5.74) is 12.1. The van der Waals surface area contributed by atoms with Gasteiger partial charge in [0.15, 0.2) is 0 Å². The number of hydrogen-bond donors (Lipinski definition) is 2. The molecule has 0 atom stereocenters. The summed E-state index contributed by atoms with van der Waals surface area (Å²) < 4.78 is 5.28. The van der Waals surface area contributed by atoms with Gasteiger partial charge in [-0.3, -0.25) is 4.79 Å². The first-order chi connectivity index (χ1) is 16.9. The molecule has 0 bridgehead atoms. The third-order valence-corrected chi connectivity index (χ3v) is 6.93. The first kappa shape index (κ1) is 23.1. The molecule has 3 N–H and O–H groups in total. The number of rotatable bonds is 5. The number of amides is 1. The van der Waals surface area contributed by atoms with Crippen molar-refractivity contribution in [3.05, 3.63) is 70.9 Å². The second-order valence-corrected chi connectivity index (χ2v) is 9.44. The monoisotopic (exact) mass is 486 g/mol. The van der Waals surface area contributed by atoms with Crippen LogP contribution in [-0.2, 0) is 0 Å². The average molecular weight is 487 g/mol. The van der Waals surface area contributed by atoms with Crippen LogP contribution in [0.4, 0.5) is 5.82 Å². The van der Waals surface area contributed by atoms with Crippen LogP contribution in [0.15, 0.2) is 54.7 Å². The molecule has 35 heavy (non-hydrogen) atoms. The highest BCUT2D eigenvalue weighted by molar-refractivity contribution is 6.34. The number of pyridine rings is 2. The molecule has 0 unspecified atom stereocenters. The maximum absolute atomic E-state index is 12.7. The lowest BCUT2D eigenvalue weighted by atomic mass is 9.99. The number of ether oxygens (including phenoxy) is 1. The van der Waals surface area contributed by atoms with Crippen LogP contribution < -0.4 is 15.8 Å². The van der Waals surface area contributed by atoms with Crippen molar-refractivity contribution in [2.24, 2.45) is 0 Å². The van der Waals surface area contributed by atoms with E-state index in [1.165, 1.54) is 0 Å². The molecule has 0 aliphatic heterocycles. The molecule has 1 aliphatic rings. The van der Waals surface area contributed by atoms with Gasteiger partial charge in [0.05, 0.1) is 23.2 Å². The van der Waals surface area contributed by atoms with Gasteiger partial charge in [-0.25, -0.2) is 9.97 Å². The molecule has 7 heteroatoms. The van der Waals surface area contributed by atoms with Crippen LogP contribution in [0.3, 0.4) is 0 Å². The number of aromatic nitrogens is 2. The fourth-order valence-corrected chi connectivity index (χ4v) is 5.00. The van der Waals surface area contributed by atoms with Crippen LogP contribution in [0.2, 0.25) is 5.02 Å². The van der Waals surface area contributed by atoms with E-state index in [0.29, 0.717) is 22.3 Å². The van der Waals surface area contributed by atoms with Crippen molar-refractivity contribution < 1.29 is 9.53 Å². The molecule has 1 saturated carbocycles. The van der Waals surface area contributed by atoms with E-state index in [9.17, 15) is 4.79 Å². The van der Waals surface area contributed by atoms with E-state index in [0.717, 1.165) is 64.4 Å². The Bertz CT molecular complexity index is 1430. The number of aryl methyl sites for hydroxylation is 1. The Morgan fingerprint density at radius 1 is 1.06 bits per heavy atom. The van der Waals surface area contributed by atoms with Crippen molar-refractivity contribution in [1.82, 2.24) is 15.3 Å². The SMILES string of the molecule is COc1ncc(-c2ccc3nc(N)c(-c4ccc(C(=O)NC5CCCC5)c(Cl)c4)cc3c2)cc1C. The summed E-state index contributed by atoms with van der Waals surface area (Å²) in [5, 5.41) is 4.43. The van der Waals surface area contributed by atoms with Crippen molar-refractivity contribution in [3.63, 3.8) is 0 Å². The Hall–Kier alpha value is -3.64. The van der Waals surface area contributed by atoms with E-state index >= 15 is 0 Å². The molecule has 5 rings (SSSR count). The van der Waals surface area contributed by atoms with Crippen molar-refractivity contribution in [2.45, 2.75) is 38.6 Å². The number of nitrogens with two attached hydrogens (primary N) is 1. The van der Waals surface area contributed by atoms with Gasteiger partial charge in [-0.1, -0.05) is 36.6 Å². The summed E-state index contributed by atoms with van der Waals surface area (Å²) in [6.07, 6.45) is 6.15. The maximum atomic E-state index is 12.7. The molecule has 178 valence electrons. The minimum Gasteiger partial charge on any atom is -0.481 e. The number of carbonyl (C=O) groups excluding carboxylic acids is 1. The highest BCUT2D eigenvalue weighted by Crippen LogP contribution is 2.33. The smallest absolute Gasteiger partial charge is 0.253 e. The van der Waals surface area contributed by atoms with E-state index in [1.54, 1.807) is 25.4 Å². The van der Waals surface area contributed by atoms with E-state index in [1.807, 2.05) is 37.3 Å². The molecule has 0 saturated heterocycles. The average Bonchev–Trinajstić information content (AvgIpc) is 3.36. The first-order valence-corrected chi connectivity index (χ1v) is 12.1. The number of fused-ring (bicyclic) bond motifs is 1. The zero-order valence-corrected chi connectivity index (χ0v) is 20.5. The molecule has 0 radical (unpaired) electrons. The number of carbonyl (C=O) groups is 1. The van der Waals surface area contributed by atoms with Crippen LogP contribution in [0.25, 0.3) is 33.2 Å². The second-order valence-electron chi connectivity index (χ2n) is 9.03. The van der Waals surface area contributed by atoms with Crippen molar-refractivity contribution >= 4 is 34.2 Å². The molecule has 2 aromatic carbocycles. The van der Waals surface area contributed by atoms with Gasteiger partial charge in [0, 0.05) is 34.3 Å². The normalized spacial score (nSPS) is 13.8. The number of halogens is 1. The number of nitrogen functional groups attached to an aromatic ring is 1. The lowest BCUT2D eigenvalue weighted by molar-refractivity contribution is 0.0938. The highest BCUT2D eigenvalue weighted by atomic mass is 35.5. The van der Waals surface area contributed by atoms with Gasteiger partial charge >= 0.3 is 0 Å². The largest absolute Gasteiger partial charge is 0.481 e. The van der Waals surface area contributed by atoms with E-state index in [4.69, 9.17) is 22.1 Å². The highest BCUT2D eigenvalue weighted by Gasteiger charge is 2.20. The number of nitrogens with zero attached hydrogens (tertiary/aromatic N) is 2. The molecule has 1 aliphatic carbocycles. The molecule has 0 spiro atoms. The predicted molar refractivity (Wildman–Crippen MR) is 141 cm³/mol. The van der Waals surface area contributed by atoms with Crippen LogP contribution in [0.5, 0.6) is 5.88 Å². The van der Waals surface area contributed by atoms with Gasteiger partial charge in [0.25, 0.3) is 5.91 Å². The number of anilines is 1. The molecular formula is C28H27ClN4O2. The predicted octanol–water partition coefficient (Wildman–Crippen LogP) is 6.19. The van der Waals surface area contributed by atoms with Crippen molar-refractivity contribution in [1.29, 1.82) is 0 Å². The van der Waals surface area contributed by atoms with E-state index in [-0.39, 0.29) is 11.9 Å². The van der Waals surface area contributed by atoms with Gasteiger partial charge in [-0.05, 0) is 67.3 Å². The minimum atomic E-state index is -0.133. The van der Waals surface area contributed by atoms with Crippen LogP contribution in [-0.4, -0.2) is 29.0 Å². The lowest BCUT2D eigenvalue weighted by Crippen LogP contribution is -2.32. The van der Waals surface area contributed by atoms with Crippen LogP contribution in [0, 0.1) is 6.92 Å². The number of benzene rings is 2. The summed E-state index contributed by atoms with van der Waals surface area (Å²) in [6, 6.07) is 15.7. The topological polar surface area (TPSA) is 90.1 Å². The molecule has 1 fully saturated rings. The summed E-state index contributed by atoms with van der Waals surface area (Å²) >= 11 is 6.54. The number of nitrogens with one attached hydrogen (secondary N) is 1. The molecule has 1 amide bonds. The maximum Gasteiger partial charge on any atom is 0.253 e. The fourth-order valence-electron chi connectivity index (χ4n) is 4.74. The minimum absolute atomic E-state index is 0.133. The molecule has 2 heterocycles. The molecule has 4 aromatic rings. The van der Waals surface area contributed by atoms with Crippen LogP contribution in [0.1, 0.15) is 41.6 Å². The Balaban J connectivity index is 1.48. The third kappa shape index (κ3) is 4.66. The standard InChI is InChI=1S/C28H27ClN4O2/c1-16-11-20(15-31-28(16)35-2)17-8-10-25-19(12-17)13-23(26(30)33-25)18-7-9-22(24(29)14-18)27(34)32-21-5-3-4-6-21/h7-15,21H,3-6H2,1-2H3,(H2,30,33)(H,32,34). The van der Waals surface area contributed by atoms with Gasteiger partial charge in [-0.15, -0.1) is 0 Å². The van der Waals surface area contributed by atoms with Crippen LogP contribution >= 0.6 is 11.6 Å². The summed E-state index contributed by atoms with van der Waals surface area (Å²) in [7, 11) is 1.61. The summed E-state index contributed by atoms with van der Waals surface area (Å²) in [5.74, 6) is 0.890. The quantitative estimate of drug-likeness (QED) is 0.351. The van der Waals surface area contributed by atoms with Gasteiger partial charge in [0.1, 0.15) is 5.82 Å². The molecule has 2 aromatic heterocycles. The van der Waals surface area contributed by atoms with Crippen molar-refractivity contribution in [2.75, 3.05) is 12.8 Å². The Kier molecular flexibility index (Phi) is 6.31. The van der Waals surface area contributed by atoms with Gasteiger partial charge < -0.3 is 15.8 Å². The summed E-state index contributed by atoms with van der Waals surface area (Å²) in [4.78, 5) is 21.7. The molecule has 6 nitrogen and oxygen atoms in total. The first-order valence-electron chi connectivity index (χ1n) is 11.7. The van der Waals surface area contributed by atoms with Gasteiger partial charge in [-0.2, -0.15) is 0 Å². The fraction of sp³-hybridized carbons (Fsp3) is 0.250. The zero-order valence-electron chi connectivity index (χ0n) is 19.8. The van der Waals surface area contributed by atoms with Gasteiger partial charge in [0.2, 0.25) is 5.88 Å². The second kappa shape index (κ2) is 9.55. The Labute approximate surface area is 209 Å². The van der Waals surface area contributed by atoms with E-state index in [2.05, 4.69) is 21.4 Å². The molecular weight excluding hydrogens is 460 g/mol. The third-order valence-electron chi connectivity index (χ3n) is 6.62. The Morgan fingerprint density at radius 3 is 2.54 bits per heavy atom. The van der Waals surface area contributed by atoms with E-state index < -0.39 is 0 Å². The number of hydrogen-bond acceptors (Lipinski definition) is 5.